The number of amides is 3. The Morgan fingerprint density at radius 2 is 2.00 bits per heavy atom. The Balaban J connectivity index is 1.44. The minimum Gasteiger partial charge on any atom is -0.477 e. The van der Waals surface area contributed by atoms with Crippen LogP contribution in [0.15, 0.2) is 10.6 Å². The standard InChI is InChI=1S/C21H28F2N4O6S/c1-8-14-13(9(2)25-18(29)17(22)23)20(31)27(14)15(21(32)33)16(8)34-11-5-12(24-6-11)19(30)26-4-3-10(28)7-26/h8-14,17,24,28H,3-7H2,1-2H3,(H,25,29)(H,32,33)/t8-,9-,10?,11+,12+,13-,14-/m1/s1. The Morgan fingerprint density at radius 1 is 1.29 bits per heavy atom. The van der Waals surface area contributed by atoms with E-state index >= 15 is 0 Å². The van der Waals surface area contributed by atoms with Crippen molar-refractivity contribution in [2.45, 2.75) is 62.6 Å². The monoisotopic (exact) mass is 502 g/mol. The molecule has 0 radical (unpaired) electrons. The van der Waals surface area contributed by atoms with Gasteiger partial charge in [-0.3, -0.25) is 14.4 Å². The van der Waals surface area contributed by atoms with E-state index in [0.717, 1.165) is 0 Å². The molecule has 0 aromatic rings. The molecule has 0 spiro atoms. The van der Waals surface area contributed by atoms with Gasteiger partial charge in [0.1, 0.15) is 5.70 Å². The number of alkyl halides is 2. The lowest BCUT2D eigenvalue weighted by atomic mass is 9.78. The molecule has 3 amide bonds. The number of rotatable bonds is 7. The van der Waals surface area contributed by atoms with Crippen molar-refractivity contribution in [3.05, 3.63) is 10.6 Å². The van der Waals surface area contributed by atoms with Gasteiger partial charge >= 0.3 is 12.4 Å². The molecule has 188 valence electrons. The Kier molecular flexibility index (Phi) is 6.89. The van der Waals surface area contributed by atoms with E-state index in [1.165, 1.54) is 23.6 Å². The Labute approximate surface area is 199 Å². The predicted octanol–water partition coefficient (Wildman–Crippen LogP) is -0.414. The molecule has 0 bridgehead atoms. The highest BCUT2D eigenvalue weighted by molar-refractivity contribution is 8.03. The zero-order valence-corrected chi connectivity index (χ0v) is 19.6. The number of nitrogens with one attached hydrogen (secondary N) is 2. The number of thioether (sulfide) groups is 1. The smallest absolute Gasteiger partial charge is 0.353 e. The largest absolute Gasteiger partial charge is 0.477 e. The number of likely N-dealkylation sites (tertiary alicyclic amines) is 1. The van der Waals surface area contributed by atoms with Crippen LogP contribution in [0.2, 0.25) is 0 Å². The number of aliphatic hydroxyl groups excluding tert-OH is 1. The number of β-amino-alcohol motifs (C(OH)–C–C–N with tert-alkyl or cyclic N) is 1. The van der Waals surface area contributed by atoms with Gasteiger partial charge in [0, 0.05) is 41.7 Å². The average molecular weight is 503 g/mol. The number of halogens is 2. The molecule has 0 saturated carbocycles. The van der Waals surface area contributed by atoms with Crippen molar-refractivity contribution in [2.24, 2.45) is 11.8 Å². The highest BCUT2D eigenvalue weighted by atomic mass is 32.2. The molecule has 0 aromatic heterocycles. The number of hydrogen-bond donors (Lipinski definition) is 4. The molecule has 0 aromatic carbocycles. The Hall–Kier alpha value is -2.25. The summed E-state index contributed by atoms with van der Waals surface area (Å²) in [5.74, 6) is -4.50. The summed E-state index contributed by atoms with van der Waals surface area (Å²) in [7, 11) is 0. The van der Waals surface area contributed by atoms with Crippen LogP contribution < -0.4 is 10.6 Å². The lowest BCUT2D eigenvalue weighted by molar-refractivity contribution is -0.159. The second kappa shape index (κ2) is 9.42. The molecule has 4 aliphatic heterocycles. The van der Waals surface area contributed by atoms with Crippen molar-refractivity contribution in [3.63, 3.8) is 0 Å². The van der Waals surface area contributed by atoms with Crippen LogP contribution in [0.4, 0.5) is 8.78 Å². The van der Waals surface area contributed by atoms with Crippen LogP contribution in [0.25, 0.3) is 0 Å². The van der Waals surface area contributed by atoms with Gasteiger partial charge in [-0.2, -0.15) is 8.78 Å². The highest BCUT2D eigenvalue weighted by Crippen LogP contribution is 2.51. The van der Waals surface area contributed by atoms with Crippen molar-refractivity contribution < 1.29 is 38.2 Å². The number of carbonyl (C=O) groups is 4. The Morgan fingerprint density at radius 3 is 2.59 bits per heavy atom. The van der Waals surface area contributed by atoms with E-state index in [2.05, 4.69) is 10.6 Å². The molecular formula is C21H28F2N4O6S. The summed E-state index contributed by atoms with van der Waals surface area (Å²) >= 11 is 1.32. The van der Waals surface area contributed by atoms with Crippen LogP contribution in [0.3, 0.4) is 0 Å². The highest BCUT2D eigenvalue weighted by Gasteiger charge is 2.60. The number of aliphatic hydroxyl groups is 1. The molecule has 7 atom stereocenters. The maximum atomic E-state index is 12.8. The molecule has 4 heterocycles. The zero-order chi connectivity index (χ0) is 24.9. The predicted molar refractivity (Wildman–Crippen MR) is 117 cm³/mol. The van der Waals surface area contributed by atoms with E-state index in [1.807, 2.05) is 0 Å². The van der Waals surface area contributed by atoms with Gasteiger partial charge in [0.15, 0.2) is 0 Å². The summed E-state index contributed by atoms with van der Waals surface area (Å²) in [6.45, 7) is 4.53. The fraction of sp³-hybridized carbons (Fsp3) is 0.714. The number of carbonyl (C=O) groups excluding carboxylic acids is 3. The summed E-state index contributed by atoms with van der Waals surface area (Å²) in [6.07, 6.45) is -2.70. The van der Waals surface area contributed by atoms with Gasteiger partial charge in [-0.1, -0.05) is 6.92 Å². The van der Waals surface area contributed by atoms with E-state index in [1.54, 1.807) is 11.8 Å². The van der Waals surface area contributed by atoms with Gasteiger partial charge < -0.3 is 30.6 Å². The third kappa shape index (κ3) is 4.29. The molecule has 34 heavy (non-hydrogen) atoms. The lowest BCUT2D eigenvalue weighted by Gasteiger charge is -2.47. The van der Waals surface area contributed by atoms with Crippen molar-refractivity contribution in [2.75, 3.05) is 19.6 Å². The number of β-lactam (4-membered cyclic amide) rings is 1. The number of carboxylic acid groups (broad SMARTS) is 1. The van der Waals surface area contributed by atoms with Crippen LogP contribution in [0, 0.1) is 11.8 Å². The van der Waals surface area contributed by atoms with Crippen molar-refractivity contribution >= 4 is 35.5 Å². The maximum Gasteiger partial charge on any atom is 0.353 e. The average Bonchev–Trinajstić information content (AvgIpc) is 3.46. The molecular weight excluding hydrogens is 474 g/mol. The van der Waals surface area contributed by atoms with Crippen molar-refractivity contribution in [3.8, 4) is 0 Å². The fourth-order valence-electron chi connectivity index (χ4n) is 5.40. The van der Waals surface area contributed by atoms with E-state index in [0.29, 0.717) is 37.4 Å². The topological polar surface area (TPSA) is 139 Å². The first kappa shape index (κ1) is 24.9. The summed E-state index contributed by atoms with van der Waals surface area (Å²) in [4.78, 5) is 52.3. The molecule has 10 nitrogen and oxygen atoms in total. The van der Waals surface area contributed by atoms with Gasteiger partial charge in [-0.05, 0) is 19.8 Å². The fourth-order valence-corrected chi connectivity index (χ4v) is 6.88. The van der Waals surface area contributed by atoms with E-state index < -0.39 is 54.4 Å². The van der Waals surface area contributed by atoms with Crippen LogP contribution in [-0.4, -0.2) is 99.2 Å². The van der Waals surface area contributed by atoms with Crippen LogP contribution >= 0.6 is 11.8 Å². The number of carboxylic acids is 1. The quantitative estimate of drug-likeness (QED) is 0.345. The van der Waals surface area contributed by atoms with E-state index in [4.69, 9.17) is 0 Å². The van der Waals surface area contributed by atoms with Gasteiger partial charge in [0.2, 0.25) is 11.8 Å². The van der Waals surface area contributed by atoms with E-state index in [-0.39, 0.29) is 22.8 Å². The van der Waals surface area contributed by atoms with Crippen LogP contribution in [-0.2, 0) is 19.2 Å². The minimum atomic E-state index is -3.21. The first-order valence-electron chi connectivity index (χ1n) is 11.3. The minimum absolute atomic E-state index is 0.0887. The second-order valence-electron chi connectivity index (χ2n) is 9.29. The molecule has 3 saturated heterocycles. The summed E-state index contributed by atoms with van der Waals surface area (Å²) in [6, 6.07) is -1.85. The summed E-state index contributed by atoms with van der Waals surface area (Å²) < 4.78 is 25.3. The number of nitrogens with zero attached hydrogens (tertiary/aromatic N) is 2. The normalized spacial score (nSPS) is 33.9. The van der Waals surface area contributed by atoms with Crippen molar-refractivity contribution in [1.82, 2.24) is 20.4 Å². The van der Waals surface area contributed by atoms with Gasteiger partial charge in [0.25, 0.3) is 5.91 Å². The van der Waals surface area contributed by atoms with Crippen molar-refractivity contribution in [1.29, 1.82) is 0 Å². The number of fused-ring (bicyclic) bond motifs is 1. The first-order valence-corrected chi connectivity index (χ1v) is 12.1. The molecule has 0 aliphatic carbocycles. The molecule has 3 fully saturated rings. The van der Waals surface area contributed by atoms with Gasteiger partial charge in [-0.25, -0.2) is 4.79 Å². The summed E-state index contributed by atoms with van der Waals surface area (Å²) in [5.41, 5.74) is -0.117. The number of aliphatic carboxylic acids is 1. The third-order valence-electron chi connectivity index (χ3n) is 7.06. The zero-order valence-electron chi connectivity index (χ0n) is 18.7. The molecule has 4 N–H and O–H groups in total. The first-order chi connectivity index (χ1) is 16.0. The SMILES string of the molecule is C[C@@H](NC(=O)C(F)F)[C@H]1C(=O)N2C(C(=O)O)=C(S[C@@H]3CN[C@H](C(=O)N4CCC(O)C4)C3)[C@H](C)[C@H]12. The lowest BCUT2D eigenvalue weighted by Crippen LogP contribution is -2.66. The summed E-state index contributed by atoms with van der Waals surface area (Å²) in [5, 5.41) is 24.7. The Bertz CT molecular complexity index is 933. The van der Waals surface area contributed by atoms with Crippen LogP contribution in [0.5, 0.6) is 0 Å². The molecule has 1 unspecified atom stereocenters. The van der Waals surface area contributed by atoms with E-state index in [9.17, 15) is 38.2 Å². The van der Waals surface area contributed by atoms with Gasteiger partial charge in [0.05, 0.1) is 24.1 Å². The second-order valence-corrected chi connectivity index (χ2v) is 10.6. The van der Waals surface area contributed by atoms with Crippen LogP contribution in [0.1, 0.15) is 26.7 Å². The number of hydrogen-bond acceptors (Lipinski definition) is 7. The molecule has 13 heteroatoms. The molecule has 4 aliphatic rings. The molecule has 4 rings (SSSR count). The maximum absolute atomic E-state index is 12.8. The third-order valence-corrected chi connectivity index (χ3v) is 8.57. The van der Waals surface area contributed by atoms with Gasteiger partial charge in [-0.15, -0.1) is 11.8 Å².